The number of benzene rings is 2. The summed E-state index contributed by atoms with van der Waals surface area (Å²) in [4.78, 5) is 132. The van der Waals surface area contributed by atoms with Crippen LogP contribution in [-0.4, -0.2) is 162 Å². The van der Waals surface area contributed by atoms with Gasteiger partial charge in [-0.2, -0.15) is 25.3 Å². The van der Waals surface area contributed by atoms with Gasteiger partial charge in [0, 0.05) is 55.7 Å². The highest BCUT2D eigenvalue weighted by molar-refractivity contribution is 7.80. The number of guanidine groups is 1. The highest BCUT2D eigenvalue weighted by Gasteiger charge is 2.40. The lowest BCUT2D eigenvalue weighted by Crippen LogP contribution is -2.61. The Morgan fingerprint density at radius 2 is 1.28 bits per heavy atom. The lowest BCUT2D eigenvalue weighted by molar-refractivity contribution is -0.145. The number of carbonyl (C=O) groups excluding carboxylic acids is 7. The Morgan fingerprint density at radius 1 is 0.722 bits per heavy atom. The zero-order chi connectivity index (χ0) is 52.9. The molecule has 1 fully saturated rings. The molecule has 7 amide bonds. The van der Waals surface area contributed by atoms with E-state index in [0.717, 1.165) is 0 Å². The predicted octanol–water partition coefficient (Wildman–Crippen LogP) is -3.16. The first-order chi connectivity index (χ1) is 34.3. The van der Waals surface area contributed by atoms with Crippen LogP contribution in [0.1, 0.15) is 48.9 Å². The van der Waals surface area contributed by atoms with Gasteiger partial charge in [-0.25, -0.2) is 9.78 Å². The number of likely N-dealkylation sites (tertiary alicyclic amines) is 1. The third-order valence-electron chi connectivity index (χ3n) is 11.3. The summed E-state index contributed by atoms with van der Waals surface area (Å²) in [5.74, 6) is -9.56. The number of phenols is 1. The summed E-state index contributed by atoms with van der Waals surface area (Å²) in [5.41, 5.74) is 18.0. The van der Waals surface area contributed by atoms with E-state index in [2.05, 4.69) is 72.1 Å². The second kappa shape index (κ2) is 28.5. The topological polar surface area (TPSA) is 409 Å². The number of nitrogens with one attached hydrogen (secondary N) is 7. The van der Waals surface area contributed by atoms with Crippen LogP contribution in [0.25, 0.3) is 0 Å². The molecule has 8 atom stereocenters. The molecule has 0 saturated carbocycles. The number of amides is 7. The van der Waals surface area contributed by atoms with Crippen LogP contribution in [0.4, 0.5) is 0 Å². The Bertz CT molecular complexity index is 2380. The summed E-state index contributed by atoms with van der Waals surface area (Å²) in [5, 5.41) is 44.2. The normalized spacial score (nSPS) is 16.0. The first-order valence-corrected chi connectivity index (χ1v) is 24.0. The van der Waals surface area contributed by atoms with Crippen molar-refractivity contribution < 1.29 is 58.5 Å². The largest absolute Gasteiger partial charge is 0.508 e. The van der Waals surface area contributed by atoms with Gasteiger partial charge < -0.3 is 74.3 Å². The fourth-order valence-electron chi connectivity index (χ4n) is 7.52. The van der Waals surface area contributed by atoms with Crippen molar-refractivity contribution in [3.8, 4) is 5.75 Å². The number of aromatic amines is 1. The van der Waals surface area contributed by atoms with Crippen molar-refractivity contribution >= 4 is 84.5 Å². The number of phenolic OH excluding ortho intramolecular Hbond substituents is 1. The number of H-pyrrole nitrogens is 1. The molecule has 1 aliphatic heterocycles. The van der Waals surface area contributed by atoms with Crippen LogP contribution in [0.3, 0.4) is 0 Å². The van der Waals surface area contributed by atoms with Crippen molar-refractivity contribution in [2.45, 2.75) is 99.7 Å². The van der Waals surface area contributed by atoms with Gasteiger partial charge in [0.1, 0.15) is 48.0 Å². The van der Waals surface area contributed by atoms with Gasteiger partial charge in [0.15, 0.2) is 5.96 Å². The molecular formula is C45H61N13O12S2. The van der Waals surface area contributed by atoms with E-state index in [1.54, 1.807) is 30.3 Å². The molecule has 0 aliphatic carbocycles. The number of imidazole rings is 1. The number of nitrogens with two attached hydrogens (primary N) is 3. The highest BCUT2D eigenvalue weighted by Crippen LogP contribution is 2.21. The smallest absolute Gasteiger partial charge is 0.326 e. The van der Waals surface area contributed by atoms with Crippen molar-refractivity contribution in [1.29, 1.82) is 0 Å². The van der Waals surface area contributed by atoms with E-state index in [-0.39, 0.29) is 74.8 Å². The predicted molar refractivity (Wildman–Crippen MR) is 266 cm³/mol. The Balaban J connectivity index is 1.52. The third-order valence-corrected chi connectivity index (χ3v) is 12.0. The van der Waals surface area contributed by atoms with E-state index in [0.29, 0.717) is 23.2 Å². The monoisotopic (exact) mass is 1040 g/mol. The van der Waals surface area contributed by atoms with E-state index >= 15 is 0 Å². The molecule has 16 N–H and O–H groups in total. The van der Waals surface area contributed by atoms with Gasteiger partial charge in [-0.3, -0.25) is 43.3 Å². The Morgan fingerprint density at radius 3 is 1.85 bits per heavy atom. The molecule has 0 bridgehead atoms. The number of aliphatic carboxylic acids is 2. The fraction of sp³-hybridized carbons (Fsp3) is 0.444. The minimum absolute atomic E-state index is 0.0105. The fourth-order valence-corrected chi connectivity index (χ4v) is 8.04. The van der Waals surface area contributed by atoms with E-state index < -0.39 is 108 Å². The maximum Gasteiger partial charge on any atom is 0.326 e. The van der Waals surface area contributed by atoms with Crippen LogP contribution >= 0.6 is 25.3 Å². The van der Waals surface area contributed by atoms with Crippen molar-refractivity contribution in [2.75, 3.05) is 24.6 Å². The van der Waals surface area contributed by atoms with Crippen molar-refractivity contribution in [2.24, 2.45) is 22.2 Å². The molecular weight excluding hydrogens is 979 g/mol. The van der Waals surface area contributed by atoms with Gasteiger partial charge >= 0.3 is 11.9 Å². The quantitative estimate of drug-likeness (QED) is 0.0148. The molecule has 1 aromatic heterocycles. The van der Waals surface area contributed by atoms with E-state index in [4.69, 9.17) is 22.3 Å². The van der Waals surface area contributed by atoms with Crippen molar-refractivity contribution in [3.05, 3.63) is 83.9 Å². The van der Waals surface area contributed by atoms with Crippen LogP contribution in [0.2, 0.25) is 0 Å². The summed E-state index contributed by atoms with van der Waals surface area (Å²) < 4.78 is 0. The second-order valence-electron chi connectivity index (χ2n) is 16.8. The van der Waals surface area contributed by atoms with Gasteiger partial charge in [0.2, 0.25) is 41.4 Å². The maximum absolute atomic E-state index is 14.4. The maximum atomic E-state index is 14.4. The Labute approximate surface area is 424 Å². The molecule has 3 aromatic rings. The number of hydrogen-bond acceptors (Lipinski definition) is 15. The molecule has 1 aliphatic rings. The number of carboxylic acid groups (broad SMARTS) is 2. The summed E-state index contributed by atoms with van der Waals surface area (Å²) in [6.07, 6.45) is 2.35. The Kier molecular flexibility index (Phi) is 22.6. The average molecular weight is 1040 g/mol. The SMILES string of the molecule is NC(N)=NCCC[C@H](NC(=O)[C@@H](N)CC(=O)O)C(=O)N[C@@H](CS)C(=O)N[C@@H](Cc1ccc(O)cc1)C(=O)N[C@H](CS)C(=O)N[C@@H](Cc1cnc[nH]1)C(=O)N1CCC[C@H]1C(=O)N[C@@H](Cc1ccccc1)C(=O)O. The third kappa shape index (κ3) is 18.1. The number of carboxylic acids is 2. The first-order valence-electron chi connectivity index (χ1n) is 22.7. The van der Waals surface area contributed by atoms with Crippen LogP contribution in [-0.2, 0) is 62.4 Å². The van der Waals surface area contributed by atoms with E-state index in [9.17, 15) is 53.4 Å². The van der Waals surface area contributed by atoms with Gasteiger partial charge in [0.05, 0.1) is 18.8 Å². The lowest BCUT2D eigenvalue weighted by Gasteiger charge is -2.30. The van der Waals surface area contributed by atoms with Crippen molar-refractivity contribution in [1.82, 2.24) is 46.8 Å². The molecule has 2 aromatic carbocycles. The number of hydrogen-bond donors (Lipinski definition) is 15. The van der Waals surface area contributed by atoms with Gasteiger partial charge in [0.25, 0.3) is 0 Å². The van der Waals surface area contributed by atoms with Gasteiger partial charge in [-0.1, -0.05) is 42.5 Å². The zero-order valence-corrected chi connectivity index (χ0v) is 40.7. The number of aromatic nitrogens is 2. The van der Waals surface area contributed by atoms with Crippen LogP contribution in [0.5, 0.6) is 5.75 Å². The molecule has 27 heteroatoms. The number of thiol groups is 2. The lowest BCUT2D eigenvalue weighted by atomic mass is 10.0. The standard InChI is InChI=1S/C45H61N13O12S2/c46-28(19-36(60)61)37(62)52-29(8-4-14-50-45(47)48)38(63)56-33(21-71)40(65)53-30(16-25-10-12-27(59)13-11-25)39(64)57-34(22-72)41(66)54-31(18-26-20-49-23-51-26)43(68)58-15-5-9-35(58)42(67)55-32(44(69)70)17-24-6-2-1-3-7-24/h1-3,6-7,10-13,20,23,28-35,59,71-72H,4-5,8-9,14-19,21-22,46H2,(H,49,51)(H,52,62)(H,53,65)(H,54,66)(H,55,67)(H,56,63)(H,57,64)(H,60,61)(H,69,70)(H4,47,48,50)/t28-,29-,30-,31-,32-,33-,34+,35-/m0/s1. The number of aliphatic imine (C=N–C) groups is 1. The molecule has 0 unspecified atom stereocenters. The average Bonchev–Trinajstić information content (AvgIpc) is 4.06. The zero-order valence-electron chi connectivity index (χ0n) is 38.9. The van der Waals surface area contributed by atoms with E-state index in [1.807, 2.05) is 0 Å². The summed E-state index contributed by atoms with van der Waals surface area (Å²) in [6.45, 7) is 0.155. The first kappa shape index (κ1) is 57.2. The number of carbonyl (C=O) groups is 9. The van der Waals surface area contributed by atoms with Gasteiger partial charge in [-0.15, -0.1) is 0 Å². The van der Waals surface area contributed by atoms with Crippen LogP contribution in [0, 0.1) is 0 Å². The minimum atomic E-state index is -1.52. The molecule has 2 heterocycles. The summed E-state index contributed by atoms with van der Waals surface area (Å²) in [7, 11) is 0. The molecule has 25 nitrogen and oxygen atoms in total. The van der Waals surface area contributed by atoms with Crippen LogP contribution < -0.4 is 49.1 Å². The number of rotatable bonds is 28. The van der Waals surface area contributed by atoms with E-state index in [1.165, 1.54) is 41.7 Å². The molecule has 1 saturated heterocycles. The number of nitrogens with zero attached hydrogens (tertiary/aromatic N) is 3. The van der Waals surface area contributed by atoms with Crippen molar-refractivity contribution in [3.63, 3.8) is 0 Å². The molecule has 0 spiro atoms. The summed E-state index contributed by atoms with van der Waals surface area (Å²) in [6, 6.07) is 3.38. The Hall–Kier alpha value is -7.39. The van der Waals surface area contributed by atoms with Crippen LogP contribution in [0.15, 0.2) is 72.1 Å². The highest BCUT2D eigenvalue weighted by atomic mass is 32.1. The summed E-state index contributed by atoms with van der Waals surface area (Å²) >= 11 is 8.53. The molecule has 72 heavy (non-hydrogen) atoms. The molecule has 4 rings (SSSR count). The minimum Gasteiger partial charge on any atom is -0.508 e. The van der Waals surface area contributed by atoms with Gasteiger partial charge in [-0.05, 0) is 48.9 Å². The molecule has 0 radical (unpaired) electrons. The molecule has 390 valence electrons. The number of aromatic hydroxyl groups is 1. The second-order valence-corrected chi connectivity index (χ2v) is 17.5.